The molecule has 2 fully saturated rings. The van der Waals surface area contributed by atoms with Gasteiger partial charge < -0.3 is 10.0 Å². The van der Waals surface area contributed by atoms with Gasteiger partial charge in [-0.05, 0) is 37.5 Å². The first kappa shape index (κ1) is 13.6. The molecule has 3 rings (SSSR count). The van der Waals surface area contributed by atoms with Crippen LogP contribution in [0.25, 0.3) is 0 Å². The summed E-state index contributed by atoms with van der Waals surface area (Å²) in [6.07, 6.45) is 5.90. The fourth-order valence-electron chi connectivity index (χ4n) is 2.97. The van der Waals surface area contributed by atoms with Crippen LogP contribution in [0, 0.1) is 11.8 Å². The first-order valence-electron chi connectivity index (χ1n) is 7.63. The van der Waals surface area contributed by atoms with Crippen molar-refractivity contribution in [1.29, 1.82) is 0 Å². The molecule has 0 spiro atoms. The third kappa shape index (κ3) is 3.03. The number of anilines is 1. The average Bonchev–Trinajstić information content (AvgIpc) is 3.25. The molecular formula is C15H23N3O2. The van der Waals surface area contributed by atoms with Crippen LogP contribution in [-0.2, 0) is 6.54 Å². The van der Waals surface area contributed by atoms with E-state index in [-0.39, 0.29) is 5.56 Å². The van der Waals surface area contributed by atoms with Gasteiger partial charge in [-0.15, -0.1) is 0 Å². The Morgan fingerprint density at radius 1 is 1.45 bits per heavy atom. The minimum Gasteiger partial charge on any atom is -0.391 e. The van der Waals surface area contributed by atoms with E-state index in [2.05, 4.69) is 16.9 Å². The quantitative estimate of drug-likeness (QED) is 0.900. The lowest BCUT2D eigenvalue weighted by Crippen LogP contribution is -2.36. The van der Waals surface area contributed by atoms with Crippen molar-refractivity contribution in [1.82, 2.24) is 9.78 Å². The minimum absolute atomic E-state index is 0.111. The molecule has 2 atom stereocenters. The molecule has 5 heteroatoms. The summed E-state index contributed by atoms with van der Waals surface area (Å²) in [7, 11) is 0. The van der Waals surface area contributed by atoms with Gasteiger partial charge in [-0.3, -0.25) is 4.79 Å². The van der Waals surface area contributed by atoms with Crippen LogP contribution in [-0.4, -0.2) is 34.1 Å². The van der Waals surface area contributed by atoms with Crippen molar-refractivity contribution in [2.24, 2.45) is 11.8 Å². The van der Waals surface area contributed by atoms with E-state index in [1.807, 2.05) is 0 Å². The number of hydrogen-bond acceptors (Lipinski definition) is 4. The normalized spacial score (nSPS) is 24.7. The summed E-state index contributed by atoms with van der Waals surface area (Å²) < 4.78 is 1.39. The molecule has 2 heterocycles. The zero-order chi connectivity index (χ0) is 14.1. The molecule has 0 radical (unpaired) electrons. The molecule has 0 amide bonds. The zero-order valence-electron chi connectivity index (χ0n) is 12.0. The van der Waals surface area contributed by atoms with Crippen molar-refractivity contribution < 1.29 is 5.11 Å². The van der Waals surface area contributed by atoms with Crippen LogP contribution in [0.2, 0.25) is 0 Å². The topological polar surface area (TPSA) is 58.4 Å². The molecule has 2 unspecified atom stereocenters. The molecule has 0 bridgehead atoms. The molecule has 110 valence electrons. The predicted octanol–water partition coefficient (Wildman–Crippen LogP) is 1.25. The van der Waals surface area contributed by atoms with Crippen LogP contribution in [0.3, 0.4) is 0 Å². The highest BCUT2D eigenvalue weighted by molar-refractivity contribution is 5.43. The SMILES string of the molecule is CC1CCCN(c2cnn(CC(O)C3CC3)c(=O)c2)C1. The van der Waals surface area contributed by atoms with E-state index in [0.29, 0.717) is 18.4 Å². The summed E-state index contributed by atoms with van der Waals surface area (Å²) in [5.41, 5.74) is 0.805. The van der Waals surface area contributed by atoms with E-state index in [1.54, 1.807) is 12.3 Å². The van der Waals surface area contributed by atoms with Crippen molar-refractivity contribution in [3.05, 3.63) is 22.6 Å². The molecule has 1 N–H and O–H groups in total. The van der Waals surface area contributed by atoms with Crippen molar-refractivity contribution in [3.63, 3.8) is 0 Å². The lowest BCUT2D eigenvalue weighted by atomic mass is 10.00. The second kappa shape index (κ2) is 5.56. The van der Waals surface area contributed by atoms with Gasteiger partial charge in [0.1, 0.15) is 0 Å². The van der Waals surface area contributed by atoms with Crippen molar-refractivity contribution in [2.45, 2.75) is 45.3 Å². The van der Waals surface area contributed by atoms with Crippen molar-refractivity contribution in [3.8, 4) is 0 Å². The standard InChI is InChI=1S/C15H23N3O2/c1-11-3-2-6-17(9-11)13-7-15(20)18(16-8-13)10-14(19)12-4-5-12/h7-8,11-12,14,19H,2-6,9-10H2,1H3. The number of hydrogen-bond donors (Lipinski definition) is 1. The Morgan fingerprint density at radius 3 is 2.90 bits per heavy atom. The van der Waals surface area contributed by atoms with Gasteiger partial charge >= 0.3 is 0 Å². The number of aromatic nitrogens is 2. The Bertz CT molecular complexity index is 524. The molecule has 1 aromatic heterocycles. The lowest BCUT2D eigenvalue weighted by Gasteiger charge is -2.32. The largest absolute Gasteiger partial charge is 0.391 e. The highest BCUT2D eigenvalue weighted by Crippen LogP contribution is 2.32. The number of rotatable bonds is 4. The van der Waals surface area contributed by atoms with E-state index in [0.717, 1.165) is 31.6 Å². The number of aliphatic hydroxyl groups is 1. The summed E-state index contributed by atoms with van der Waals surface area (Å²) in [6, 6.07) is 1.66. The first-order valence-corrected chi connectivity index (χ1v) is 7.63. The second-order valence-electron chi connectivity index (χ2n) is 6.33. The van der Waals surface area contributed by atoms with E-state index < -0.39 is 6.10 Å². The fourth-order valence-corrected chi connectivity index (χ4v) is 2.97. The molecule has 1 aromatic rings. The fraction of sp³-hybridized carbons (Fsp3) is 0.733. The van der Waals surface area contributed by atoms with Crippen LogP contribution >= 0.6 is 0 Å². The molecule has 1 saturated heterocycles. The molecule has 1 aliphatic heterocycles. The second-order valence-corrected chi connectivity index (χ2v) is 6.33. The van der Waals surface area contributed by atoms with Gasteiger partial charge in [-0.25, -0.2) is 4.68 Å². The number of piperidine rings is 1. The average molecular weight is 277 g/mol. The van der Waals surface area contributed by atoms with Gasteiger partial charge in [0, 0.05) is 19.2 Å². The molecule has 5 nitrogen and oxygen atoms in total. The summed E-state index contributed by atoms with van der Waals surface area (Å²) in [4.78, 5) is 14.3. The summed E-state index contributed by atoms with van der Waals surface area (Å²) in [5, 5.41) is 14.1. The van der Waals surface area contributed by atoms with Crippen LogP contribution in [0.5, 0.6) is 0 Å². The predicted molar refractivity (Wildman–Crippen MR) is 77.8 cm³/mol. The summed E-state index contributed by atoms with van der Waals surface area (Å²) in [6.45, 7) is 4.56. The highest BCUT2D eigenvalue weighted by atomic mass is 16.3. The highest BCUT2D eigenvalue weighted by Gasteiger charge is 2.30. The Morgan fingerprint density at radius 2 is 2.25 bits per heavy atom. The molecule has 0 aromatic carbocycles. The van der Waals surface area contributed by atoms with Crippen LogP contribution in [0.1, 0.15) is 32.6 Å². The smallest absolute Gasteiger partial charge is 0.268 e. The lowest BCUT2D eigenvalue weighted by molar-refractivity contribution is 0.125. The van der Waals surface area contributed by atoms with E-state index >= 15 is 0 Å². The summed E-state index contributed by atoms with van der Waals surface area (Å²) in [5.74, 6) is 1.04. The zero-order valence-corrected chi connectivity index (χ0v) is 12.0. The molecule has 1 aliphatic carbocycles. The molecule has 20 heavy (non-hydrogen) atoms. The van der Waals surface area contributed by atoms with E-state index in [9.17, 15) is 9.90 Å². The van der Waals surface area contributed by atoms with Gasteiger partial charge in [-0.2, -0.15) is 5.10 Å². The third-order valence-electron chi connectivity index (χ3n) is 4.40. The van der Waals surface area contributed by atoms with Crippen LogP contribution in [0.4, 0.5) is 5.69 Å². The Kier molecular flexibility index (Phi) is 3.78. The van der Waals surface area contributed by atoms with Gasteiger partial charge in [-0.1, -0.05) is 6.92 Å². The van der Waals surface area contributed by atoms with Crippen LogP contribution < -0.4 is 10.5 Å². The summed E-state index contributed by atoms with van der Waals surface area (Å²) >= 11 is 0. The van der Waals surface area contributed by atoms with Gasteiger partial charge in [0.15, 0.2) is 0 Å². The molecule has 1 saturated carbocycles. The molecular weight excluding hydrogens is 254 g/mol. The maximum Gasteiger partial charge on any atom is 0.268 e. The van der Waals surface area contributed by atoms with Crippen LogP contribution in [0.15, 0.2) is 17.1 Å². The van der Waals surface area contributed by atoms with Gasteiger partial charge in [0.25, 0.3) is 5.56 Å². The third-order valence-corrected chi connectivity index (χ3v) is 4.40. The minimum atomic E-state index is -0.430. The van der Waals surface area contributed by atoms with E-state index in [4.69, 9.17) is 0 Å². The van der Waals surface area contributed by atoms with Gasteiger partial charge in [0.05, 0.1) is 24.5 Å². The monoisotopic (exact) mass is 277 g/mol. The van der Waals surface area contributed by atoms with Crippen molar-refractivity contribution in [2.75, 3.05) is 18.0 Å². The maximum atomic E-state index is 12.1. The number of nitrogens with zero attached hydrogens (tertiary/aromatic N) is 3. The molecule has 2 aliphatic rings. The van der Waals surface area contributed by atoms with Crippen molar-refractivity contribution >= 4 is 5.69 Å². The first-order chi connectivity index (χ1) is 9.63. The van der Waals surface area contributed by atoms with Gasteiger partial charge in [0.2, 0.25) is 0 Å². The maximum absolute atomic E-state index is 12.1. The van der Waals surface area contributed by atoms with E-state index in [1.165, 1.54) is 17.5 Å². The Hall–Kier alpha value is -1.36. The number of aliphatic hydroxyl groups excluding tert-OH is 1. The Balaban J connectivity index is 1.71. The Labute approximate surface area is 119 Å².